The molecule has 5 N–H and O–H groups in total. The van der Waals surface area contributed by atoms with Gasteiger partial charge in [-0.15, -0.1) is 0 Å². The normalized spacial score (nSPS) is 19.9. The molecule has 19 heteroatoms. The fourth-order valence-corrected chi connectivity index (χ4v) is 5.63. The van der Waals surface area contributed by atoms with E-state index in [2.05, 4.69) is 25.9 Å². The van der Waals surface area contributed by atoms with Gasteiger partial charge in [0.1, 0.15) is 24.8 Å². The van der Waals surface area contributed by atoms with Gasteiger partial charge in [-0.1, -0.05) is 67.1 Å². The first-order valence-corrected chi connectivity index (χ1v) is 16.9. The number of carboxylic acids is 2. The molecule has 4 rings (SSSR count). The number of aliphatic carboxylic acids is 2. The Hall–Kier alpha value is -3.49. The number of aliphatic hydroxyl groups excluding tert-OH is 2. The molecule has 0 bridgehead atoms. The zero-order valence-corrected chi connectivity index (χ0v) is 34.8. The van der Waals surface area contributed by atoms with E-state index in [1.807, 2.05) is 6.07 Å². The second-order valence-electron chi connectivity index (χ2n) is 12.3. The van der Waals surface area contributed by atoms with Crippen LogP contribution >= 0.6 is 0 Å². The molecular formula is C36H41N5Na2O12. The van der Waals surface area contributed by atoms with Crippen LogP contribution in [0.15, 0.2) is 73.1 Å². The minimum absolute atomic E-state index is 0. The van der Waals surface area contributed by atoms with Gasteiger partial charge in [-0.2, -0.15) is 0 Å². The summed E-state index contributed by atoms with van der Waals surface area (Å²) in [6.07, 6.45) is -4.16. The summed E-state index contributed by atoms with van der Waals surface area (Å²) in [6, 6.07) is 15.0. The van der Waals surface area contributed by atoms with Gasteiger partial charge in [-0.05, 0) is 24.8 Å². The van der Waals surface area contributed by atoms with Crippen molar-refractivity contribution in [3.63, 3.8) is 0 Å². The van der Waals surface area contributed by atoms with Gasteiger partial charge in [0, 0.05) is 43.8 Å². The number of benzene rings is 2. The quantitative estimate of drug-likeness (QED) is 0.0594. The number of aliphatic hydroxyl groups is 2. The summed E-state index contributed by atoms with van der Waals surface area (Å²) < 4.78 is 16.8. The summed E-state index contributed by atoms with van der Waals surface area (Å²) in [5.74, 6) is -6.75. The van der Waals surface area contributed by atoms with E-state index in [1.165, 1.54) is 12.4 Å². The monoisotopic (exact) mass is 781 g/mol. The summed E-state index contributed by atoms with van der Waals surface area (Å²) in [5.41, 5.74) is 1.42. The van der Waals surface area contributed by atoms with Crippen LogP contribution in [0.5, 0.6) is 0 Å². The number of amides is 3. The average molecular weight is 782 g/mol. The number of rotatable bonds is 18. The second-order valence-corrected chi connectivity index (χ2v) is 12.3. The van der Waals surface area contributed by atoms with Crippen LogP contribution in [-0.2, 0) is 35.2 Å². The van der Waals surface area contributed by atoms with Crippen molar-refractivity contribution < 1.29 is 118 Å². The van der Waals surface area contributed by atoms with Gasteiger partial charge < -0.3 is 60.2 Å². The number of carbonyl (C=O) groups is 5. The molecule has 1 aromatic heterocycles. The van der Waals surface area contributed by atoms with Gasteiger partial charge in [0.05, 0.1) is 30.4 Å². The van der Waals surface area contributed by atoms with E-state index in [0.29, 0.717) is 17.8 Å². The number of ether oxygens (including phenoxy) is 3. The van der Waals surface area contributed by atoms with Crippen molar-refractivity contribution in [2.75, 3.05) is 13.2 Å². The molecule has 0 aliphatic carbocycles. The van der Waals surface area contributed by atoms with E-state index in [1.54, 1.807) is 54.6 Å². The standard InChI is InChI=1S/C36H43N5O12.2Na/c1-22(42)40-29-26(41-35(50)51-21-23-11-5-2-6-12-23)17-36(34(48)49,52-16-10-4-9-15-28(44)45)53-31(29)30(46)27(43)20-39-33(47)25-18-37-32(38-19-25)24-13-7-3-8-14-24;;/h2-3,5-8,11-14,18-19,26-27,29-31,43,46H,4,9-10,15-17,20-21H2,1H3,(H,39,47)(H,40,42)(H,41,50)(H,44,45)(H,48,49);;/q;2*+1/p-2/t26-,27+,29+,30+,31+,36+;;/m0../s1. The van der Waals surface area contributed by atoms with Gasteiger partial charge in [-0.25, -0.2) is 14.8 Å². The first kappa shape index (κ1) is 47.7. The maximum absolute atomic E-state index is 13.0. The second kappa shape index (κ2) is 23.5. The van der Waals surface area contributed by atoms with Crippen LogP contribution in [0.1, 0.15) is 54.9 Å². The number of aromatic nitrogens is 2. The van der Waals surface area contributed by atoms with Crippen molar-refractivity contribution in [1.29, 1.82) is 0 Å². The van der Waals surface area contributed by atoms with Crippen molar-refractivity contribution in [3.8, 4) is 11.4 Å². The Morgan fingerprint density at radius 3 is 2.16 bits per heavy atom. The molecule has 0 radical (unpaired) electrons. The SMILES string of the molecule is CC(=O)N[C@H]1[C@H]([C@H](O)[C@H](O)CNC(=O)c2cnc(-c3ccccc3)nc2)O[C@@](OCCCCCC(=O)[O-])(C(=O)[O-])C[C@@H]1NC(=O)OCc1ccccc1.[Na+].[Na+]. The maximum Gasteiger partial charge on any atom is 1.00 e. The van der Waals surface area contributed by atoms with Gasteiger partial charge >= 0.3 is 65.2 Å². The largest absolute Gasteiger partial charge is 1.00 e. The topological polar surface area (TPSA) is 261 Å². The number of hydrogen-bond donors (Lipinski definition) is 5. The Kier molecular flexibility index (Phi) is 20.4. The molecule has 0 spiro atoms. The smallest absolute Gasteiger partial charge is 0.550 e. The van der Waals surface area contributed by atoms with Crippen LogP contribution in [-0.4, -0.2) is 99.4 Å². The Labute approximate surface area is 361 Å². The number of carboxylic acid groups (broad SMARTS) is 2. The van der Waals surface area contributed by atoms with E-state index in [9.17, 15) is 44.4 Å². The fraction of sp³-hybridized carbons (Fsp3) is 0.417. The molecular weight excluding hydrogens is 740 g/mol. The molecule has 17 nitrogen and oxygen atoms in total. The van der Waals surface area contributed by atoms with Crippen molar-refractivity contribution in [2.24, 2.45) is 0 Å². The molecule has 284 valence electrons. The predicted octanol–water partition coefficient (Wildman–Crippen LogP) is -7.04. The van der Waals surface area contributed by atoms with Gasteiger partial charge in [0.25, 0.3) is 5.91 Å². The zero-order valence-electron chi connectivity index (χ0n) is 30.8. The Morgan fingerprint density at radius 1 is 0.927 bits per heavy atom. The molecule has 3 aromatic rings. The molecule has 1 fully saturated rings. The first-order chi connectivity index (χ1) is 25.4. The Bertz CT molecular complexity index is 1690. The summed E-state index contributed by atoms with van der Waals surface area (Å²) in [7, 11) is 0. The molecule has 2 aromatic carbocycles. The van der Waals surface area contributed by atoms with E-state index in [-0.39, 0.29) is 97.2 Å². The zero-order chi connectivity index (χ0) is 38.4. The Balaban J connectivity index is 0.00000523. The van der Waals surface area contributed by atoms with Crippen LogP contribution in [0.2, 0.25) is 0 Å². The van der Waals surface area contributed by atoms with Gasteiger partial charge in [0.15, 0.2) is 5.82 Å². The van der Waals surface area contributed by atoms with E-state index in [0.717, 1.165) is 12.5 Å². The molecule has 2 heterocycles. The third kappa shape index (κ3) is 14.5. The fourth-order valence-electron chi connectivity index (χ4n) is 5.63. The maximum atomic E-state index is 13.0. The van der Waals surface area contributed by atoms with Crippen LogP contribution < -0.4 is 85.3 Å². The van der Waals surface area contributed by atoms with E-state index < -0.39 is 79.0 Å². The van der Waals surface area contributed by atoms with Crippen molar-refractivity contribution in [1.82, 2.24) is 25.9 Å². The van der Waals surface area contributed by atoms with Crippen molar-refractivity contribution >= 4 is 29.8 Å². The molecule has 3 amide bonds. The molecule has 6 atom stereocenters. The summed E-state index contributed by atoms with van der Waals surface area (Å²) in [4.78, 5) is 70.1. The number of alkyl carbamates (subject to hydrolysis) is 1. The van der Waals surface area contributed by atoms with Crippen LogP contribution in [0.25, 0.3) is 11.4 Å². The molecule has 55 heavy (non-hydrogen) atoms. The minimum Gasteiger partial charge on any atom is -0.550 e. The minimum atomic E-state index is -2.63. The predicted molar refractivity (Wildman–Crippen MR) is 180 cm³/mol. The van der Waals surface area contributed by atoms with E-state index >= 15 is 0 Å². The van der Waals surface area contributed by atoms with E-state index in [4.69, 9.17) is 14.2 Å². The van der Waals surface area contributed by atoms with Crippen LogP contribution in [0.3, 0.4) is 0 Å². The number of unbranched alkanes of at least 4 members (excludes halogenated alkanes) is 2. The van der Waals surface area contributed by atoms with Crippen molar-refractivity contribution in [3.05, 3.63) is 84.2 Å². The third-order valence-corrected chi connectivity index (χ3v) is 8.31. The van der Waals surface area contributed by atoms with Crippen LogP contribution in [0.4, 0.5) is 4.79 Å². The van der Waals surface area contributed by atoms with Gasteiger partial charge in [0.2, 0.25) is 11.7 Å². The number of nitrogens with one attached hydrogen (secondary N) is 3. The first-order valence-electron chi connectivity index (χ1n) is 16.9. The van der Waals surface area contributed by atoms with Crippen LogP contribution in [0, 0.1) is 0 Å². The van der Waals surface area contributed by atoms with Crippen molar-refractivity contribution in [2.45, 2.75) is 81.8 Å². The molecule has 1 saturated heterocycles. The summed E-state index contributed by atoms with van der Waals surface area (Å²) in [6.45, 7) is 0.129. The third-order valence-electron chi connectivity index (χ3n) is 8.31. The summed E-state index contributed by atoms with van der Waals surface area (Å²) >= 11 is 0. The average Bonchev–Trinajstić information content (AvgIpc) is 3.15. The molecule has 0 unspecified atom stereocenters. The summed E-state index contributed by atoms with van der Waals surface area (Å²) in [5, 5.41) is 53.4. The number of nitrogens with zero attached hydrogens (tertiary/aromatic N) is 2. The number of hydrogen-bond acceptors (Lipinski definition) is 14. The molecule has 1 aliphatic rings. The molecule has 1 aliphatic heterocycles. The molecule has 0 saturated carbocycles. The number of carbonyl (C=O) groups excluding carboxylic acids is 5. The Morgan fingerprint density at radius 2 is 1.56 bits per heavy atom. The van der Waals surface area contributed by atoms with Gasteiger partial charge in [-0.3, -0.25) is 9.59 Å².